The van der Waals surface area contributed by atoms with Gasteiger partial charge in [-0.1, -0.05) is 46.8 Å². The summed E-state index contributed by atoms with van der Waals surface area (Å²) in [6, 6.07) is 6.61. The molecule has 0 amide bonds. The Kier molecular flexibility index (Phi) is 7.08. The Bertz CT molecular complexity index is 393. The Morgan fingerprint density at radius 2 is 1.85 bits per heavy atom. The molecule has 0 aromatic heterocycles. The highest BCUT2D eigenvalue weighted by Crippen LogP contribution is 2.32. The Hall–Kier alpha value is -1.02. The molecular weight excluding hydrogens is 246 g/mol. The molecule has 2 nitrogen and oxygen atoms in total. The summed E-state index contributed by atoms with van der Waals surface area (Å²) in [5.74, 6) is 1.05. The lowest BCUT2D eigenvalue weighted by atomic mass is 9.85. The monoisotopic (exact) mass is 277 g/mol. The van der Waals surface area contributed by atoms with Gasteiger partial charge in [0.15, 0.2) is 0 Å². The molecule has 1 N–H and O–H groups in total. The van der Waals surface area contributed by atoms with Gasteiger partial charge in [-0.15, -0.1) is 0 Å². The van der Waals surface area contributed by atoms with Crippen LogP contribution in [0.25, 0.3) is 0 Å². The number of aryl methyl sites for hydroxylation is 1. The first kappa shape index (κ1) is 17.0. The van der Waals surface area contributed by atoms with Crippen LogP contribution in [0.5, 0.6) is 5.75 Å². The molecule has 0 atom stereocenters. The van der Waals surface area contributed by atoms with Gasteiger partial charge >= 0.3 is 0 Å². The number of ether oxygens (including phenoxy) is 1. The third-order valence-electron chi connectivity index (χ3n) is 3.44. The zero-order valence-electron chi connectivity index (χ0n) is 13.9. The third kappa shape index (κ3) is 5.54. The summed E-state index contributed by atoms with van der Waals surface area (Å²) in [7, 11) is 0. The number of rotatable bonds is 8. The molecule has 2 heteroatoms. The minimum atomic E-state index is 0.126. The summed E-state index contributed by atoms with van der Waals surface area (Å²) >= 11 is 0. The van der Waals surface area contributed by atoms with Crippen LogP contribution in [0.4, 0.5) is 0 Å². The first-order chi connectivity index (χ1) is 9.49. The maximum absolute atomic E-state index is 6.00. The Balaban J connectivity index is 2.60. The maximum Gasteiger partial charge on any atom is 0.123 e. The maximum atomic E-state index is 6.00. The standard InChI is InChI=1S/C18H31NO/c1-6-11-19-12-8-13-20-17-10-9-15(7-2)14-16(17)18(3,4)5/h9-10,14,19H,6-8,11-13H2,1-5H3. The van der Waals surface area contributed by atoms with Crippen molar-refractivity contribution in [3.63, 3.8) is 0 Å². The van der Waals surface area contributed by atoms with E-state index in [0.717, 1.165) is 38.3 Å². The van der Waals surface area contributed by atoms with E-state index in [9.17, 15) is 0 Å². The van der Waals surface area contributed by atoms with Crippen molar-refractivity contribution in [2.75, 3.05) is 19.7 Å². The molecule has 20 heavy (non-hydrogen) atoms. The van der Waals surface area contributed by atoms with E-state index < -0.39 is 0 Å². The molecule has 0 aliphatic heterocycles. The highest BCUT2D eigenvalue weighted by molar-refractivity contribution is 5.41. The van der Waals surface area contributed by atoms with Crippen LogP contribution in [0.2, 0.25) is 0 Å². The van der Waals surface area contributed by atoms with Gasteiger partial charge in [-0.3, -0.25) is 0 Å². The highest BCUT2D eigenvalue weighted by atomic mass is 16.5. The fraction of sp³-hybridized carbons (Fsp3) is 0.667. The quantitative estimate of drug-likeness (QED) is 0.715. The van der Waals surface area contributed by atoms with Crippen LogP contribution in [0.15, 0.2) is 18.2 Å². The van der Waals surface area contributed by atoms with Crippen LogP contribution in [0.3, 0.4) is 0 Å². The van der Waals surface area contributed by atoms with Gasteiger partial charge in [0.05, 0.1) is 6.61 Å². The number of nitrogens with one attached hydrogen (secondary N) is 1. The van der Waals surface area contributed by atoms with Crippen molar-refractivity contribution in [3.05, 3.63) is 29.3 Å². The van der Waals surface area contributed by atoms with Crippen molar-refractivity contribution in [2.24, 2.45) is 0 Å². The molecule has 0 aliphatic carbocycles. The second-order valence-corrected chi connectivity index (χ2v) is 6.39. The number of benzene rings is 1. The van der Waals surface area contributed by atoms with Crippen molar-refractivity contribution in [2.45, 2.75) is 59.3 Å². The van der Waals surface area contributed by atoms with Gasteiger partial charge in [-0.05, 0) is 55.0 Å². The van der Waals surface area contributed by atoms with E-state index >= 15 is 0 Å². The normalized spacial score (nSPS) is 11.7. The van der Waals surface area contributed by atoms with E-state index in [4.69, 9.17) is 4.74 Å². The zero-order valence-corrected chi connectivity index (χ0v) is 13.9. The molecule has 0 spiro atoms. The summed E-state index contributed by atoms with van der Waals surface area (Å²) in [6.45, 7) is 14.0. The van der Waals surface area contributed by atoms with Crippen LogP contribution in [0, 0.1) is 0 Å². The van der Waals surface area contributed by atoms with Crippen LogP contribution in [0.1, 0.15) is 58.6 Å². The molecule has 1 aromatic rings. The van der Waals surface area contributed by atoms with Crippen molar-refractivity contribution in [1.29, 1.82) is 0 Å². The molecule has 0 saturated carbocycles. The largest absolute Gasteiger partial charge is 0.493 e. The smallest absolute Gasteiger partial charge is 0.123 e. The van der Waals surface area contributed by atoms with Gasteiger partial charge in [-0.25, -0.2) is 0 Å². The summed E-state index contributed by atoms with van der Waals surface area (Å²) in [5.41, 5.74) is 2.83. The zero-order chi connectivity index (χ0) is 15.0. The molecule has 0 saturated heterocycles. The predicted octanol–water partition coefficient (Wildman–Crippen LogP) is 4.32. The van der Waals surface area contributed by atoms with Crippen LogP contribution in [-0.4, -0.2) is 19.7 Å². The lowest BCUT2D eigenvalue weighted by molar-refractivity contribution is 0.300. The van der Waals surface area contributed by atoms with Gasteiger partial charge in [0, 0.05) is 0 Å². The lowest BCUT2D eigenvalue weighted by Gasteiger charge is -2.23. The topological polar surface area (TPSA) is 21.3 Å². The van der Waals surface area contributed by atoms with Gasteiger partial charge in [-0.2, -0.15) is 0 Å². The molecule has 1 rings (SSSR count). The molecule has 0 bridgehead atoms. The molecule has 114 valence electrons. The van der Waals surface area contributed by atoms with Crippen molar-refractivity contribution < 1.29 is 4.74 Å². The van der Waals surface area contributed by atoms with E-state index in [-0.39, 0.29) is 5.41 Å². The summed E-state index contributed by atoms with van der Waals surface area (Å²) in [5, 5.41) is 3.40. The molecule has 0 fully saturated rings. The number of hydrogen-bond donors (Lipinski definition) is 1. The Morgan fingerprint density at radius 1 is 1.10 bits per heavy atom. The lowest BCUT2D eigenvalue weighted by Crippen LogP contribution is -2.19. The van der Waals surface area contributed by atoms with Gasteiger partial charge < -0.3 is 10.1 Å². The average molecular weight is 277 g/mol. The Morgan fingerprint density at radius 3 is 2.45 bits per heavy atom. The van der Waals surface area contributed by atoms with Crippen LogP contribution >= 0.6 is 0 Å². The molecular formula is C18H31NO. The third-order valence-corrected chi connectivity index (χ3v) is 3.44. The minimum absolute atomic E-state index is 0.126. The van der Waals surface area contributed by atoms with E-state index in [2.05, 4.69) is 58.1 Å². The molecule has 0 unspecified atom stereocenters. The molecule has 0 radical (unpaired) electrons. The van der Waals surface area contributed by atoms with Crippen LogP contribution < -0.4 is 10.1 Å². The van der Waals surface area contributed by atoms with Crippen molar-refractivity contribution in [1.82, 2.24) is 5.32 Å². The second-order valence-electron chi connectivity index (χ2n) is 6.39. The minimum Gasteiger partial charge on any atom is -0.493 e. The van der Waals surface area contributed by atoms with E-state index in [0.29, 0.717) is 0 Å². The van der Waals surface area contributed by atoms with Crippen molar-refractivity contribution in [3.8, 4) is 5.75 Å². The summed E-state index contributed by atoms with van der Waals surface area (Å²) in [4.78, 5) is 0. The average Bonchev–Trinajstić information content (AvgIpc) is 2.41. The molecule has 0 aliphatic rings. The second kappa shape index (κ2) is 8.31. The SMILES string of the molecule is CCCNCCCOc1ccc(CC)cc1C(C)(C)C. The van der Waals surface area contributed by atoms with Gasteiger partial charge in [0.2, 0.25) is 0 Å². The first-order valence-corrected chi connectivity index (χ1v) is 7.96. The number of hydrogen-bond acceptors (Lipinski definition) is 2. The first-order valence-electron chi connectivity index (χ1n) is 7.96. The van der Waals surface area contributed by atoms with Crippen LogP contribution in [-0.2, 0) is 11.8 Å². The predicted molar refractivity (Wildman–Crippen MR) is 87.8 cm³/mol. The van der Waals surface area contributed by atoms with Gasteiger partial charge in [0.1, 0.15) is 5.75 Å². The van der Waals surface area contributed by atoms with E-state index in [1.54, 1.807) is 0 Å². The van der Waals surface area contributed by atoms with E-state index in [1.165, 1.54) is 17.5 Å². The fourth-order valence-corrected chi connectivity index (χ4v) is 2.19. The molecule has 0 heterocycles. The fourth-order valence-electron chi connectivity index (χ4n) is 2.19. The Labute approximate surface area is 124 Å². The van der Waals surface area contributed by atoms with Crippen molar-refractivity contribution >= 4 is 0 Å². The molecule has 1 aromatic carbocycles. The summed E-state index contributed by atoms with van der Waals surface area (Å²) < 4.78 is 6.00. The van der Waals surface area contributed by atoms with Gasteiger partial charge in [0.25, 0.3) is 0 Å². The van der Waals surface area contributed by atoms with E-state index in [1.807, 2.05) is 0 Å². The summed E-state index contributed by atoms with van der Waals surface area (Å²) in [6.07, 6.45) is 3.32. The highest BCUT2D eigenvalue weighted by Gasteiger charge is 2.19.